The molecule has 1 aromatic heterocycles. The molecule has 3 heterocycles. The number of likely N-dealkylation sites (tertiary alicyclic amines) is 1. The normalized spacial score (nSPS) is 19.5. The van der Waals surface area contributed by atoms with Crippen LogP contribution in [0.2, 0.25) is 0 Å². The summed E-state index contributed by atoms with van der Waals surface area (Å²) in [5.74, 6) is 1.11. The van der Waals surface area contributed by atoms with Gasteiger partial charge in [-0.05, 0) is 45.2 Å². The van der Waals surface area contributed by atoms with Crippen LogP contribution in [0.1, 0.15) is 38.8 Å². The molecule has 27 heavy (non-hydrogen) atoms. The van der Waals surface area contributed by atoms with E-state index in [0.29, 0.717) is 6.42 Å². The lowest BCUT2D eigenvalue weighted by molar-refractivity contribution is -0.133. The van der Waals surface area contributed by atoms with Crippen LogP contribution in [0.4, 0.5) is 5.00 Å². The van der Waals surface area contributed by atoms with Crippen molar-refractivity contribution in [1.29, 1.82) is 0 Å². The van der Waals surface area contributed by atoms with Crippen molar-refractivity contribution < 1.29 is 9.53 Å². The summed E-state index contributed by atoms with van der Waals surface area (Å²) in [6.45, 7) is 6.13. The number of nitrogens with zero attached hydrogens (tertiary/aromatic N) is 3. The van der Waals surface area contributed by atoms with E-state index in [1.165, 1.54) is 6.42 Å². The molecule has 0 radical (unpaired) electrons. The smallest absolute Gasteiger partial charge is 0.245 e. The Balaban J connectivity index is 1.61. The zero-order valence-electron chi connectivity index (χ0n) is 16.3. The maximum atomic E-state index is 13.2. The van der Waals surface area contributed by atoms with Crippen LogP contribution in [0.15, 0.2) is 24.3 Å². The number of anilines is 1. The van der Waals surface area contributed by atoms with E-state index >= 15 is 0 Å². The van der Waals surface area contributed by atoms with Crippen molar-refractivity contribution in [2.24, 2.45) is 0 Å². The van der Waals surface area contributed by atoms with Crippen molar-refractivity contribution >= 4 is 22.2 Å². The van der Waals surface area contributed by atoms with E-state index in [1.807, 2.05) is 18.2 Å². The lowest BCUT2D eigenvalue weighted by Gasteiger charge is -2.35. The summed E-state index contributed by atoms with van der Waals surface area (Å²) in [7, 11) is 1.68. The molecule has 1 fully saturated rings. The van der Waals surface area contributed by atoms with E-state index in [4.69, 9.17) is 9.72 Å². The molecule has 1 aromatic carbocycles. The molecular weight excluding hydrogens is 358 g/mol. The molecule has 0 N–H and O–H groups in total. The molecular formula is C21H27N3O2S. The molecule has 4 rings (SSSR count). The second kappa shape index (κ2) is 7.50. The van der Waals surface area contributed by atoms with Gasteiger partial charge in [-0.1, -0.05) is 23.5 Å². The molecule has 5 nitrogen and oxygen atoms in total. The molecule has 0 bridgehead atoms. The fourth-order valence-corrected chi connectivity index (χ4v) is 5.38. The van der Waals surface area contributed by atoms with Crippen LogP contribution >= 0.6 is 11.3 Å². The van der Waals surface area contributed by atoms with Gasteiger partial charge in [-0.25, -0.2) is 4.98 Å². The molecule has 2 aliphatic rings. The molecule has 1 atom stereocenters. The summed E-state index contributed by atoms with van der Waals surface area (Å²) < 4.78 is 5.34. The van der Waals surface area contributed by atoms with Gasteiger partial charge in [0.15, 0.2) is 0 Å². The van der Waals surface area contributed by atoms with Crippen molar-refractivity contribution in [2.45, 2.75) is 51.6 Å². The van der Waals surface area contributed by atoms with Gasteiger partial charge in [0.25, 0.3) is 0 Å². The van der Waals surface area contributed by atoms with E-state index < -0.39 is 0 Å². The van der Waals surface area contributed by atoms with E-state index in [2.05, 4.69) is 29.7 Å². The molecule has 6 heteroatoms. The molecule has 0 aliphatic carbocycles. The Labute approximate surface area is 165 Å². The van der Waals surface area contributed by atoms with Crippen LogP contribution in [-0.4, -0.2) is 48.1 Å². The summed E-state index contributed by atoms with van der Waals surface area (Å²) in [5.41, 5.74) is 2.12. The summed E-state index contributed by atoms with van der Waals surface area (Å²) in [6.07, 6.45) is 4.20. The highest BCUT2D eigenvalue weighted by atomic mass is 32.1. The Morgan fingerprint density at radius 3 is 2.74 bits per heavy atom. The first kappa shape index (κ1) is 18.3. The fraction of sp³-hybridized carbons (Fsp3) is 0.524. The molecule has 1 amide bonds. The number of hydrogen-bond donors (Lipinski definition) is 0. The van der Waals surface area contributed by atoms with Gasteiger partial charge >= 0.3 is 0 Å². The van der Waals surface area contributed by atoms with E-state index in [1.54, 1.807) is 18.4 Å². The fourth-order valence-electron chi connectivity index (χ4n) is 4.11. The molecule has 0 spiro atoms. The van der Waals surface area contributed by atoms with Crippen molar-refractivity contribution in [2.75, 3.05) is 25.1 Å². The van der Waals surface area contributed by atoms with Crippen LogP contribution < -0.4 is 9.64 Å². The predicted octanol–water partition coefficient (Wildman–Crippen LogP) is 3.97. The SMILES string of the molecule is COc1cccc(-c2nc3c(s2)N(C(C)C)[C@H](C(=O)N2CCCCC2)C3)c1. The summed E-state index contributed by atoms with van der Waals surface area (Å²) >= 11 is 1.69. The average Bonchev–Trinajstić information content (AvgIpc) is 3.26. The van der Waals surface area contributed by atoms with Gasteiger partial charge in [-0.2, -0.15) is 0 Å². The maximum Gasteiger partial charge on any atom is 0.245 e. The number of rotatable bonds is 4. The number of aromatic nitrogens is 1. The number of fused-ring (bicyclic) bond motifs is 1. The van der Waals surface area contributed by atoms with Crippen LogP contribution in [0.3, 0.4) is 0 Å². The summed E-state index contributed by atoms with van der Waals surface area (Å²) in [4.78, 5) is 22.4. The molecule has 2 aromatic rings. The minimum atomic E-state index is -0.101. The first-order chi connectivity index (χ1) is 13.1. The monoisotopic (exact) mass is 385 g/mol. The second-order valence-electron chi connectivity index (χ2n) is 7.61. The number of carbonyl (C=O) groups excluding carboxylic acids is 1. The second-order valence-corrected chi connectivity index (χ2v) is 8.59. The maximum absolute atomic E-state index is 13.2. The lowest BCUT2D eigenvalue weighted by atomic mass is 10.1. The Bertz CT molecular complexity index is 827. The van der Waals surface area contributed by atoms with E-state index in [9.17, 15) is 4.79 Å². The minimum Gasteiger partial charge on any atom is -0.497 e. The molecule has 2 aliphatic heterocycles. The Morgan fingerprint density at radius 2 is 2.04 bits per heavy atom. The van der Waals surface area contributed by atoms with Gasteiger partial charge < -0.3 is 14.5 Å². The third-order valence-electron chi connectivity index (χ3n) is 5.46. The topological polar surface area (TPSA) is 45.7 Å². The Morgan fingerprint density at radius 1 is 1.26 bits per heavy atom. The first-order valence-corrected chi connectivity index (χ1v) is 10.6. The zero-order valence-corrected chi connectivity index (χ0v) is 17.1. The lowest BCUT2D eigenvalue weighted by Crippen LogP contribution is -2.51. The highest BCUT2D eigenvalue weighted by Gasteiger charge is 2.40. The van der Waals surface area contributed by atoms with Crippen molar-refractivity contribution in [3.05, 3.63) is 30.0 Å². The average molecular weight is 386 g/mol. The number of ether oxygens (including phenoxy) is 1. The van der Waals surface area contributed by atoms with Crippen LogP contribution in [0.5, 0.6) is 5.75 Å². The highest BCUT2D eigenvalue weighted by Crippen LogP contribution is 2.43. The van der Waals surface area contributed by atoms with Gasteiger partial charge in [0, 0.05) is 31.1 Å². The number of thiazole rings is 1. The highest BCUT2D eigenvalue weighted by molar-refractivity contribution is 7.19. The number of carbonyl (C=O) groups is 1. The van der Waals surface area contributed by atoms with Crippen molar-refractivity contribution in [3.63, 3.8) is 0 Å². The Kier molecular flexibility index (Phi) is 5.08. The summed E-state index contributed by atoms with van der Waals surface area (Å²) in [5, 5.41) is 2.15. The number of methoxy groups -OCH3 is 1. The first-order valence-electron chi connectivity index (χ1n) is 9.79. The minimum absolute atomic E-state index is 0.101. The third-order valence-corrected chi connectivity index (χ3v) is 6.62. The zero-order chi connectivity index (χ0) is 19.0. The Hall–Kier alpha value is -2.08. The molecule has 0 saturated carbocycles. The molecule has 1 saturated heterocycles. The summed E-state index contributed by atoms with van der Waals surface area (Å²) in [6, 6.07) is 8.18. The third kappa shape index (κ3) is 3.43. The van der Waals surface area contributed by atoms with Gasteiger partial charge in [-0.3, -0.25) is 4.79 Å². The predicted molar refractivity (Wildman–Crippen MR) is 110 cm³/mol. The van der Waals surface area contributed by atoms with Gasteiger partial charge in [-0.15, -0.1) is 0 Å². The largest absolute Gasteiger partial charge is 0.497 e. The van der Waals surface area contributed by atoms with Crippen LogP contribution in [0, 0.1) is 0 Å². The number of hydrogen-bond acceptors (Lipinski definition) is 5. The van der Waals surface area contributed by atoms with Crippen LogP contribution in [0.25, 0.3) is 10.6 Å². The van der Waals surface area contributed by atoms with Gasteiger partial charge in [0.2, 0.25) is 5.91 Å². The standard InChI is InChI=1S/C21H27N3O2S/c1-14(2)24-18(20(25)23-10-5-4-6-11-23)13-17-21(24)27-19(22-17)15-8-7-9-16(12-15)26-3/h7-9,12,14,18H,4-6,10-11,13H2,1-3H3/t18-/m0/s1. The van der Waals surface area contributed by atoms with Crippen molar-refractivity contribution in [3.8, 4) is 16.3 Å². The van der Waals surface area contributed by atoms with Crippen LogP contribution in [-0.2, 0) is 11.2 Å². The van der Waals surface area contributed by atoms with Crippen molar-refractivity contribution in [1.82, 2.24) is 9.88 Å². The quantitative estimate of drug-likeness (QED) is 0.799. The van der Waals surface area contributed by atoms with E-state index in [0.717, 1.165) is 52.9 Å². The molecule has 0 unspecified atom stereocenters. The van der Waals surface area contributed by atoms with E-state index in [-0.39, 0.29) is 18.0 Å². The number of benzene rings is 1. The number of piperidine rings is 1. The van der Waals surface area contributed by atoms with Gasteiger partial charge in [0.05, 0.1) is 12.8 Å². The number of amides is 1. The molecule has 144 valence electrons. The van der Waals surface area contributed by atoms with Gasteiger partial charge in [0.1, 0.15) is 21.8 Å².